The fourth-order valence-electron chi connectivity index (χ4n) is 1.58. The van der Waals surface area contributed by atoms with Gasteiger partial charge in [-0.05, 0) is 12.5 Å². The number of nitrogens with one attached hydrogen (secondary N) is 1. The Bertz CT molecular complexity index is 614. The van der Waals surface area contributed by atoms with E-state index >= 15 is 0 Å². The van der Waals surface area contributed by atoms with Crippen molar-refractivity contribution in [3.05, 3.63) is 53.8 Å². The zero-order valence-electron chi connectivity index (χ0n) is 10.2. The Labute approximate surface area is 109 Å². The van der Waals surface area contributed by atoms with E-state index in [4.69, 9.17) is 4.74 Å². The van der Waals surface area contributed by atoms with Crippen LogP contribution < -0.4 is 5.32 Å². The fourth-order valence-corrected chi connectivity index (χ4v) is 1.58. The van der Waals surface area contributed by atoms with Gasteiger partial charge in [0.05, 0.1) is 5.57 Å². The Balaban J connectivity index is 2.47. The molecule has 0 aliphatic carbocycles. The summed E-state index contributed by atoms with van der Waals surface area (Å²) in [6, 6.07) is 8.52. The molecule has 5 nitrogen and oxygen atoms in total. The van der Waals surface area contributed by atoms with E-state index in [-0.39, 0.29) is 16.9 Å². The minimum Gasteiger partial charge on any atom is -0.416 e. The fraction of sp³-hybridized carbons (Fsp3) is 0.0714. The molecular formula is C14H11NO4. The van der Waals surface area contributed by atoms with Gasteiger partial charge in [-0.1, -0.05) is 36.9 Å². The van der Waals surface area contributed by atoms with E-state index in [1.807, 2.05) is 0 Å². The molecule has 19 heavy (non-hydrogen) atoms. The van der Waals surface area contributed by atoms with E-state index in [9.17, 15) is 14.4 Å². The molecular weight excluding hydrogens is 246 g/mol. The zero-order chi connectivity index (χ0) is 14.0. The molecule has 0 saturated carbocycles. The van der Waals surface area contributed by atoms with Crippen LogP contribution in [0.15, 0.2) is 48.2 Å². The first-order valence-electron chi connectivity index (χ1n) is 5.53. The van der Waals surface area contributed by atoms with Crippen LogP contribution in [0.3, 0.4) is 0 Å². The van der Waals surface area contributed by atoms with Crippen molar-refractivity contribution in [2.75, 3.05) is 0 Å². The average molecular weight is 257 g/mol. The van der Waals surface area contributed by atoms with E-state index in [0.29, 0.717) is 5.56 Å². The van der Waals surface area contributed by atoms with Gasteiger partial charge < -0.3 is 4.74 Å². The summed E-state index contributed by atoms with van der Waals surface area (Å²) in [7, 11) is 0. The summed E-state index contributed by atoms with van der Waals surface area (Å²) in [6.45, 7) is 4.88. The molecule has 1 N–H and O–H groups in total. The number of amides is 2. The van der Waals surface area contributed by atoms with Gasteiger partial charge in [-0.25, -0.2) is 4.79 Å². The molecule has 0 radical (unpaired) electrons. The van der Waals surface area contributed by atoms with Gasteiger partial charge in [-0.3, -0.25) is 14.9 Å². The molecule has 0 fully saturated rings. The number of ether oxygens (including phenoxy) is 1. The van der Waals surface area contributed by atoms with E-state index < -0.39 is 17.8 Å². The Morgan fingerprint density at radius 3 is 2.37 bits per heavy atom. The van der Waals surface area contributed by atoms with Gasteiger partial charge >= 0.3 is 5.97 Å². The highest BCUT2D eigenvalue weighted by Crippen LogP contribution is 2.25. The standard InChI is InChI=1S/C14H11NO4/c1-8(2)14(18)19-11-10(12(16)15-13(11)17)9-6-4-3-5-7-9/h3-7H,1H2,2H3,(H,15,16,17). The molecule has 1 aromatic rings. The summed E-state index contributed by atoms with van der Waals surface area (Å²) >= 11 is 0. The van der Waals surface area contributed by atoms with Crippen molar-refractivity contribution in [3.63, 3.8) is 0 Å². The van der Waals surface area contributed by atoms with Gasteiger partial charge in [0, 0.05) is 5.57 Å². The van der Waals surface area contributed by atoms with Crippen molar-refractivity contribution >= 4 is 23.4 Å². The molecule has 0 atom stereocenters. The summed E-state index contributed by atoms with van der Waals surface area (Å²) < 4.78 is 4.93. The van der Waals surface area contributed by atoms with Gasteiger partial charge in [0.15, 0.2) is 0 Å². The first kappa shape index (κ1) is 12.8. The van der Waals surface area contributed by atoms with Crippen LogP contribution in [0.1, 0.15) is 12.5 Å². The maximum absolute atomic E-state index is 11.7. The van der Waals surface area contributed by atoms with Gasteiger partial charge in [0.25, 0.3) is 11.8 Å². The second-order valence-corrected chi connectivity index (χ2v) is 4.02. The number of benzene rings is 1. The molecule has 2 rings (SSSR count). The molecule has 0 spiro atoms. The van der Waals surface area contributed by atoms with Crippen LogP contribution in [-0.2, 0) is 19.1 Å². The average Bonchev–Trinajstić information content (AvgIpc) is 2.65. The van der Waals surface area contributed by atoms with E-state index in [2.05, 4.69) is 11.9 Å². The van der Waals surface area contributed by atoms with Crippen LogP contribution in [0.5, 0.6) is 0 Å². The first-order chi connectivity index (χ1) is 9.00. The van der Waals surface area contributed by atoms with Gasteiger partial charge in [0.1, 0.15) is 0 Å². The molecule has 0 saturated heterocycles. The first-order valence-corrected chi connectivity index (χ1v) is 5.53. The lowest BCUT2D eigenvalue weighted by Gasteiger charge is -2.05. The topological polar surface area (TPSA) is 72.5 Å². The number of carbonyl (C=O) groups is 3. The highest BCUT2D eigenvalue weighted by atomic mass is 16.5. The Morgan fingerprint density at radius 2 is 1.79 bits per heavy atom. The van der Waals surface area contributed by atoms with Crippen molar-refractivity contribution in [2.45, 2.75) is 6.92 Å². The quantitative estimate of drug-likeness (QED) is 0.501. The predicted molar refractivity (Wildman–Crippen MR) is 67.4 cm³/mol. The van der Waals surface area contributed by atoms with Crippen molar-refractivity contribution in [3.8, 4) is 0 Å². The molecule has 2 amide bonds. The minimum atomic E-state index is -0.742. The van der Waals surface area contributed by atoms with Crippen LogP contribution in [0.4, 0.5) is 0 Å². The summed E-state index contributed by atoms with van der Waals surface area (Å²) in [6.07, 6.45) is 0. The highest BCUT2D eigenvalue weighted by molar-refractivity contribution is 6.35. The van der Waals surface area contributed by atoms with Crippen LogP contribution in [0, 0.1) is 0 Å². The molecule has 1 aromatic carbocycles. The van der Waals surface area contributed by atoms with Crippen molar-refractivity contribution in [1.82, 2.24) is 5.32 Å². The molecule has 1 aliphatic rings. The molecule has 0 bridgehead atoms. The third-order valence-corrected chi connectivity index (χ3v) is 2.49. The van der Waals surface area contributed by atoms with Crippen molar-refractivity contribution in [2.24, 2.45) is 0 Å². The lowest BCUT2D eigenvalue weighted by Crippen LogP contribution is -2.24. The SMILES string of the molecule is C=C(C)C(=O)OC1=C(c2ccccc2)C(=O)NC1=O. The van der Waals surface area contributed by atoms with Crippen molar-refractivity contribution in [1.29, 1.82) is 0 Å². The molecule has 1 aliphatic heterocycles. The molecule has 0 unspecified atom stereocenters. The number of hydrogen-bond donors (Lipinski definition) is 1. The lowest BCUT2D eigenvalue weighted by atomic mass is 10.1. The summed E-state index contributed by atoms with van der Waals surface area (Å²) in [4.78, 5) is 34.9. The maximum atomic E-state index is 11.7. The number of carbonyl (C=O) groups excluding carboxylic acids is 3. The van der Waals surface area contributed by atoms with Crippen LogP contribution >= 0.6 is 0 Å². The lowest BCUT2D eigenvalue weighted by molar-refractivity contribution is -0.139. The van der Waals surface area contributed by atoms with E-state index in [1.54, 1.807) is 30.3 Å². The maximum Gasteiger partial charge on any atom is 0.338 e. The molecule has 0 aromatic heterocycles. The monoisotopic (exact) mass is 257 g/mol. The zero-order valence-corrected chi connectivity index (χ0v) is 10.2. The molecule has 96 valence electrons. The van der Waals surface area contributed by atoms with Gasteiger partial charge in [-0.15, -0.1) is 0 Å². The highest BCUT2D eigenvalue weighted by Gasteiger charge is 2.34. The molecule has 1 heterocycles. The van der Waals surface area contributed by atoms with E-state index in [1.165, 1.54) is 6.92 Å². The Kier molecular flexibility index (Phi) is 3.29. The third kappa shape index (κ3) is 2.44. The largest absolute Gasteiger partial charge is 0.416 e. The van der Waals surface area contributed by atoms with Gasteiger partial charge in [0.2, 0.25) is 5.76 Å². The van der Waals surface area contributed by atoms with Crippen molar-refractivity contribution < 1.29 is 19.1 Å². The predicted octanol–water partition coefficient (Wildman–Crippen LogP) is 1.17. The number of imide groups is 1. The summed E-state index contributed by atoms with van der Waals surface area (Å²) in [5.41, 5.74) is 0.711. The minimum absolute atomic E-state index is 0.0557. The summed E-state index contributed by atoms with van der Waals surface area (Å²) in [5, 5.41) is 2.10. The number of esters is 1. The molecule has 5 heteroatoms. The number of rotatable bonds is 3. The Hall–Kier alpha value is -2.69. The normalized spacial score (nSPS) is 14.4. The smallest absolute Gasteiger partial charge is 0.338 e. The summed E-state index contributed by atoms with van der Waals surface area (Å²) in [5.74, 6) is -2.34. The van der Waals surface area contributed by atoms with Crippen LogP contribution in [0.25, 0.3) is 5.57 Å². The second kappa shape index (κ2) is 4.89. The second-order valence-electron chi connectivity index (χ2n) is 4.02. The van der Waals surface area contributed by atoms with Gasteiger partial charge in [-0.2, -0.15) is 0 Å². The number of hydrogen-bond acceptors (Lipinski definition) is 4. The van der Waals surface area contributed by atoms with E-state index in [0.717, 1.165) is 0 Å². The Morgan fingerprint density at radius 1 is 1.16 bits per heavy atom. The van der Waals surface area contributed by atoms with Crippen LogP contribution in [0.2, 0.25) is 0 Å². The third-order valence-electron chi connectivity index (χ3n) is 2.49. The van der Waals surface area contributed by atoms with Crippen LogP contribution in [-0.4, -0.2) is 17.8 Å².